The van der Waals surface area contributed by atoms with Crippen LogP contribution in [0.2, 0.25) is 0 Å². The molecule has 0 rings (SSSR count). The number of nitrogens with one attached hydrogen (secondary N) is 1. The van der Waals surface area contributed by atoms with E-state index in [0.29, 0.717) is 26.4 Å². The van der Waals surface area contributed by atoms with E-state index in [2.05, 4.69) is 19.2 Å². The van der Waals surface area contributed by atoms with E-state index in [0.717, 1.165) is 19.5 Å². The first-order valence-electron chi connectivity index (χ1n) is 5.70. The first-order chi connectivity index (χ1) is 7.31. The van der Waals surface area contributed by atoms with Crippen molar-refractivity contribution in [3.05, 3.63) is 0 Å². The van der Waals surface area contributed by atoms with E-state index in [4.69, 9.17) is 14.2 Å². The van der Waals surface area contributed by atoms with Gasteiger partial charge in [-0.1, -0.05) is 6.92 Å². The average Bonchev–Trinajstić information content (AvgIpc) is 2.23. The number of hydrogen-bond acceptors (Lipinski definition) is 4. The third-order valence-corrected chi connectivity index (χ3v) is 1.92. The highest BCUT2D eigenvalue weighted by atomic mass is 16.5. The molecule has 4 nitrogen and oxygen atoms in total. The zero-order valence-corrected chi connectivity index (χ0v) is 10.3. The maximum absolute atomic E-state index is 5.54. The molecule has 0 aliphatic heterocycles. The lowest BCUT2D eigenvalue weighted by Gasteiger charge is -2.13. The van der Waals surface area contributed by atoms with Gasteiger partial charge in [-0.25, -0.2) is 0 Å². The molecule has 4 heteroatoms. The summed E-state index contributed by atoms with van der Waals surface area (Å²) in [4.78, 5) is 0. The lowest BCUT2D eigenvalue weighted by molar-refractivity contribution is 0.000153. The Kier molecular flexibility index (Phi) is 11.8. The van der Waals surface area contributed by atoms with Crippen molar-refractivity contribution in [3.63, 3.8) is 0 Å². The molecule has 0 spiro atoms. The van der Waals surface area contributed by atoms with Crippen LogP contribution in [-0.2, 0) is 14.2 Å². The molecular formula is C11H25NO3. The van der Waals surface area contributed by atoms with Crippen LogP contribution >= 0.6 is 0 Å². The van der Waals surface area contributed by atoms with E-state index in [-0.39, 0.29) is 6.10 Å². The number of ether oxygens (including phenoxy) is 3. The molecular weight excluding hydrogens is 194 g/mol. The summed E-state index contributed by atoms with van der Waals surface area (Å²) in [5.41, 5.74) is 0. The minimum atomic E-state index is 0.252. The molecule has 0 saturated carbocycles. The van der Waals surface area contributed by atoms with Gasteiger partial charge in [0.1, 0.15) is 0 Å². The Morgan fingerprint density at radius 2 is 1.87 bits per heavy atom. The lowest BCUT2D eigenvalue weighted by Crippen LogP contribution is -2.28. The zero-order chi connectivity index (χ0) is 11.4. The average molecular weight is 219 g/mol. The molecule has 0 radical (unpaired) electrons. The molecule has 0 aromatic heterocycles. The van der Waals surface area contributed by atoms with Crippen molar-refractivity contribution >= 4 is 0 Å². The third kappa shape index (κ3) is 11.8. The van der Waals surface area contributed by atoms with Gasteiger partial charge < -0.3 is 19.5 Å². The largest absolute Gasteiger partial charge is 0.382 e. The van der Waals surface area contributed by atoms with E-state index in [1.807, 2.05) is 0 Å². The van der Waals surface area contributed by atoms with Crippen LogP contribution in [-0.4, -0.2) is 52.7 Å². The van der Waals surface area contributed by atoms with Gasteiger partial charge in [-0.3, -0.25) is 0 Å². The summed E-state index contributed by atoms with van der Waals surface area (Å²) in [5.74, 6) is 0. The molecule has 0 saturated heterocycles. The van der Waals surface area contributed by atoms with Gasteiger partial charge in [0.15, 0.2) is 0 Å². The van der Waals surface area contributed by atoms with Gasteiger partial charge >= 0.3 is 0 Å². The normalized spacial score (nSPS) is 13.0. The zero-order valence-electron chi connectivity index (χ0n) is 10.3. The fraction of sp³-hybridized carbons (Fsp3) is 1.00. The van der Waals surface area contributed by atoms with Crippen LogP contribution in [0.5, 0.6) is 0 Å². The second kappa shape index (κ2) is 11.9. The Morgan fingerprint density at radius 3 is 2.53 bits per heavy atom. The van der Waals surface area contributed by atoms with Gasteiger partial charge in [0.05, 0.1) is 32.5 Å². The minimum absolute atomic E-state index is 0.252. The quantitative estimate of drug-likeness (QED) is 0.527. The fourth-order valence-corrected chi connectivity index (χ4v) is 1.09. The van der Waals surface area contributed by atoms with Crippen molar-refractivity contribution in [3.8, 4) is 0 Å². The lowest BCUT2D eigenvalue weighted by atomic mass is 10.4. The Balaban J connectivity index is 3.06. The topological polar surface area (TPSA) is 39.7 Å². The predicted octanol–water partition coefficient (Wildman–Crippen LogP) is 1.05. The van der Waals surface area contributed by atoms with Crippen molar-refractivity contribution < 1.29 is 14.2 Å². The predicted molar refractivity (Wildman–Crippen MR) is 61.3 cm³/mol. The van der Waals surface area contributed by atoms with Crippen molar-refractivity contribution in [2.24, 2.45) is 0 Å². The van der Waals surface area contributed by atoms with E-state index >= 15 is 0 Å². The summed E-state index contributed by atoms with van der Waals surface area (Å²) < 4.78 is 15.7. The molecule has 1 N–H and O–H groups in total. The van der Waals surface area contributed by atoms with Crippen molar-refractivity contribution in [2.75, 3.05) is 46.6 Å². The Morgan fingerprint density at radius 1 is 1.13 bits per heavy atom. The van der Waals surface area contributed by atoms with E-state index in [1.54, 1.807) is 7.11 Å². The van der Waals surface area contributed by atoms with Crippen LogP contribution in [0.3, 0.4) is 0 Å². The second-order valence-electron chi connectivity index (χ2n) is 3.49. The molecule has 1 unspecified atom stereocenters. The molecule has 0 amide bonds. The molecule has 0 bridgehead atoms. The summed E-state index contributed by atoms with van der Waals surface area (Å²) >= 11 is 0. The molecule has 0 aromatic carbocycles. The SMILES string of the molecule is CCCNCC(C)OCCOCCOC. The van der Waals surface area contributed by atoms with Crippen molar-refractivity contribution in [2.45, 2.75) is 26.4 Å². The van der Waals surface area contributed by atoms with Crippen molar-refractivity contribution in [1.82, 2.24) is 5.32 Å². The van der Waals surface area contributed by atoms with Gasteiger partial charge in [-0.15, -0.1) is 0 Å². The van der Waals surface area contributed by atoms with Crippen LogP contribution in [0.25, 0.3) is 0 Å². The van der Waals surface area contributed by atoms with Crippen LogP contribution in [0.1, 0.15) is 20.3 Å². The summed E-state index contributed by atoms with van der Waals surface area (Å²) in [6.45, 7) is 8.76. The second-order valence-corrected chi connectivity index (χ2v) is 3.49. The fourth-order valence-electron chi connectivity index (χ4n) is 1.09. The maximum atomic E-state index is 5.54. The summed E-state index contributed by atoms with van der Waals surface area (Å²) in [5, 5.41) is 3.31. The molecule has 92 valence electrons. The maximum Gasteiger partial charge on any atom is 0.0704 e. The molecule has 0 heterocycles. The Hall–Kier alpha value is -0.160. The smallest absolute Gasteiger partial charge is 0.0704 e. The standard InChI is InChI=1S/C11H25NO3/c1-4-5-12-10-11(2)15-9-8-14-7-6-13-3/h11-12H,4-10H2,1-3H3. The highest BCUT2D eigenvalue weighted by Gasteiger charge is 2.00. The Labute approximate surface area is 93.3 Å². The summed E-state index contributed by atoms with van der Waals surface area (Å²) in [6.07, 6.45) is 1.41. The molecule has 15 heavy (non-hydrogen) atoms. The molecule has 0 aliphatic carbocycles. The summed E-state index contributed by atoms with van der Waals surface area (Å²) in [6, 6.07) is 0. The van der Waals surface area contributed by atoms with Gasteiger partial charge in [0.25, 0.3) is 0 Å². The van der Waals surface area contributed by atoms with Crippen LogP contribution in [0.15, 0.2) is 0 Å². The van der Waals surface area contributed by atoms with E-state index in [9.17, 15) is 0 Å². The summed E-state index contributed by atoms with van der Waals surface area (Å²) in [7, 11) is 1.67. The number of methoxy groups -OCH3 is 1. The van der Waals surface area contributed by atoms with Gasteiger partial charge in [0.2, 0.25) is 0 Å². The highest BCUT2D eigenvalue weighted by Crippen LogP contribution is 1.89. The van der Waals surface area contributed by atoms with E-state index < -0.39 is 0 Å². The first-order valence-corrected chi connectivity index (χ1v) is 5.70. The van der Waals surface area contributed by atoms with Gasteiger partial charge in [-0.05, 0) is 19.9 Å². The molecule has 0 aromatic rings. The highest BCUT2D eigenvalue weighted by molar-refractivity contribution is 4.54. The number of hydrogen-bond donors (Lipinski definition) is 1. The monoisotopic (exact) mass is 219 g/mol. The number of rotatable bonds is 11. The van der Waals surface area contributed by atoms with Crippen LogP contribution < -0.4 is 5.32 Å². The molecule has 0 aliphatic rings. The minimum Gasteiger partial charge on any atom is -0.382 e. The molecule has 0 fully saturated rings. The van der Waals surface area contributed by atoms with E-state index in [1.165, 1.54) is 0 Å². The Bertz CT molecular complexity index is 122. The molecule has 1 atom stereocenters. The van der Waals surface area contributed by atoms with Crippen LogP contribution in [0.4, 0.5) is 0 Å². The van der Waals surface area contributed by atoms with Crippen molar-refractivity contribution in [1.29, 1.82) is 0 Å². The van der Waals surface area contributed by atoms with Crippen LogP contribution in [0, 0.1) is 0 Å². The van der Waals surface area contributed by atoms with Gasteiger partial charge in [0, 0.05) is 13.7 Å². The third-order valence-electron chi connectivity index (χ3n) is 1.92. The first kappa shape index (κ1) is 14.8. The van der Waals surface area contributed by atoms with Gasteiger partial charge in [-0.2, -0.15) is 0 Å².